The number of benzene rings is 2. The predicted molar refractivity (Wildman–Crippen MR) is 121 cm³/mol. The van der Waals surface area contributed by atoms with Crippen LogP contribution in [0.25, 0.3) is 4.96 Å². The van der Waals surface area contributed by atoms with Crippen molar-refractivity contribution in [1.29, 1.82) is 0 Å². The molecule has 2 heterocycles. The molecule has 0 radical (unpaired) electrons. The molecular weight excluding hydrogens is 412 g/mol. The highest BCUT2D eigenvalue weighted by Gasteiger charge is 2.14. The number of rotatable bonds is 8. The maximum absolute atomic E-state index is 12.5. The summed E-state index contributed by atoms with van der Waals surface area (Å²) in [6.07, 6.45) is 0. The third-order valence-electron chi connectivity index (χ3n) is 4.89. The molecule has 7 nitrogen and oxygen atoms in total. The molecule has 4 aromatic rings. The first-order chi connectivity index (χ1) is 15.1. The van der Waals surface area contributed by atoms with E-state index < -0.39 is 0 Å². The summed E-state index contributed by atoms with van der Waals surface area (Å²) in [6, 6.07) is 17.7. The molecule has 0 unspecified atom stereocenters. The molecule has 2 aromatic carbocycles. The lowest BCUT2D eigenvalue weighted by atomic mass is 10.1. The Balaban J connectivity index is 1.64. The van der Waals surface area contributed by atoms with E-state index in [0.717, 1.165) is 22.8 Å². The third-order valence-corrected chi connectivity index (χ3v) is 5.71. The average Bonchev–Trinajstić information content (AvgIpc) is 3.15. The van der Waals surface area contributed by atoms with Crippen LogP contribution >= 0.6 is 11.3 Å². The number of aromatic nitrogens is 3. The van der Waals surface area contributed by atoms with E-state index in [2.05, 4.69) is 27.1 Å². The fourth-order valence-electron chi connectivity index (χ4n) is 3.51. The van der Waals surface area contributed by atoms with Crippen molar-refractivity contribution >= 4 is 16.3 Å². The van der Waals surface area contributed by atoms with Crippen LogP contribution in [0.4, 0.5) is 0 Å². The quantitative estimate of drug-likeness (QED) is 0.420. The Bertz CT molecular complexity index is 1240. The SMILES string of the molecule is COc1ccc(CN(Cc2ccccc2)Cc2cc(=O)n3nc(C)sc3n2)cc1OC. The first kappa shape index (κ1) is 21.0. The van der Waals surface area contributed by atoms with Gasteiger partial charge in [0, 0.05) is 25.7 Å². The van der Waals surface area contributed by atoms with Crippen LogP contribution in [0.3, 0.4) is 0 Å². The van der Waals surface area contributed by atoms with Crippen LogP contribution in [0.2, 0.25) is 0 Å². The Morgan fingerprint density at radius 1 is 0.935 bits per heavy atom. The van der Waals surface area contributed by atoms with Gasteiger partial charge < -0.3 is 9.47 Å². The molecule has 160 valence electrons. The standard InChI is InChI=1S/C23H24N4O3S/c1-16-25-27-22(28)12-19(24-23(27)31-16)15-26(13-17-7-5-4-6-8-17)14-18-9-10-20(29-2)21(11-18)30-3/h4-12H,13-15H2,1-3H3. The molecule has 0 N–H and O–H groups in total. The van der Waals surface area contributed by atoms with Gasteiger partial charge in [-0.05, 0) is 30.2 Å². The van der Waals surface area contributed by atoms with Crippen molar-refractivity contribution < 1.29 is 9.47 Å². The molecule has 0 bridgehead atoms. The van der Waals surface area contributed by atoms with Crippen molar-refractivity contribution in [2.45, 2.75) is 26.6 Å². The Kier molecular flexibility index (Phi) is 6.29. The molecule has 0 amide bonds. The molecule has 4 rings (SSSR count). The minimum Gasteiger partial charge on any atom is -0.493 e. The van der Waals surface area contributed by atoms with Gasteiger partial charge in [0.25, 0.3) is 5.56 Å². The Labute approximate surface area is 184 Å². The van der Waals surface area contributed by atoms with Gasteiger partial charge in [-0.25, -0.2) is 4.98 Å². The van der Waals surface area contributed by atoms with Crippen molar-refractivity contribution in [3.8, 4) is 11.5 Å². The fourth-order valence-corrected chi connectivity index (χ4v) is 4.28. The predicted octanol–water partition coefficient (Wildman–Crippen LogP) is 3.68. The summed E-state index contributed by atoms with van der Waals surface area (Å²) >= 11 is 1.42. The number of nitrogens with zero attached hydrogens (tertiary/aromatic N) is 4. The van der Waals surface area contributed by atoms with E-state index in [-0.39, 0.29) is 5.56 Å². The van der Waals surface area contributed by atoms with Crippen LogP contribution in [-0.2, 0) is 19.6 Å². The zero-order valence-electron chi connectivity index (χ0n) is 17.7. The lowest BCUT2D eigenvalue weighted by molar-refractivity contribution is 0.244. The molecule has 0 fully saturated rings. The molecule has 0 atom stereocenters. The zero-order valence-corrected chi connectivity index (χ0v) is 18.6. The Morgan fingerprint density at radius 3 is 2.42 bits per heavy atom. The van der Waals surface area contributed by atoms with E-state index in [1.54, 1.807) is 20.3 Å². The minimum absolute atomic E-state index is 0.157. The number of aryl methyl sites for hydroxylation is 1. The van der Waals surface area contributed by atoms with Crippen molar-refractivity contribution in [1.82, 2.24) is 19.5 Å². The molecule has 0 saturated heterocycles. The van der Waals surface area contributed by atoms with Gasteiger partial charge in [0.2, 0.25) is 4.96 Å². The highest BCUT2D eigenvalue weighted by Crippen LogP contribution is 2.28. The van der Waals surface area contributed by atoms with Gasteiger partial charge in [-0.15, -0.1) is 0 Å². The van der Waals surface area contributed by atoms with Crippen LogP contribution < -0.4 is 15.0 Å². The van der Waals surface area contributed by atoms with Crippen molar-refractivity contribution in [2.75, 3.05) is 14.2 Å². The van der Waals surface area contributed by atoms with E-state index >= 15 is 0 Å². The molecule has 31 heavy (non-hydrogen) atoms. The first-order valence-electron chi connectivity index (χ1n) is 9.89. The van der Waals surface area contributed by atoms with Crippen LogP contribution in [0.5, 0.6) is 11.5 Å². The van der Waals surface area contributed by atoms with Gasteiger partial charge in [0.15, 0.2) is 11.5 Å². The molecule has 0 saturated carbocycles. The van der Waals surface area contributed by atoms with Crippen LogP contribution in [0.1, 0.15) is 21.8 Å². The summed E-state index contributed by atoms with van der Waals surface area (Å²) < 4.78 is 12.2. The number of ether oxygens (including phenoxy) is 2. The second-order valence-electron chi connectivity index (χ2n) is 7.22. The largest absolute Gasteiger partial charge is 0.493 e. The van der Waals surface area contributed by atoms with Gasteiger partial charge in [-0.2, -0.15) is 9.61 Å². The van der Waals surface area contributed by atoms with E-state index in [0.29, 0.717) is 29.5 Å². The van der Waals surface area contributed by atoms with Crippen LogP contribution in [0.15, 0.2) is 59.4 Å². The Hall–Kier alpha value is -3.23. The highest BCUT2D eigenvalue weighted by molar-refractivity contribution is 7.16. The fraction of sp³-hybridized carbons (Fsp3) is 0.261. The topological polar surface area (TPSA) is 69.0 Å². The molecule has 0 aliphatic carbocycles. The van der Waals surface area contributed by atoms with Crippen LogP contribution in [-0.4, -0.2) is 33.7 Å². The lowest BCUT2D eigenvalue weighted by Gasteiger charge is -2.23. The van der Waals surface area contributed by atoms with Gasteiger partial charge in [-0.1, -0.05) is 47.7 Å². The van der Waals surface area contributed by atoms with E-state index in [1.165, 1.54) is 21.4 Å². The number of methoxy groups -OCH3 is 2. The zero-order chi connectivity index (χ0) is 21.8. The maximum atomic E-state index is 12.5. The van der Waals surface area contributed by atoms with Gasteiger partial charge in [0.1, 0.15) is 5.01 Å². The summed E-state index contributed by atoms with van der Waals surface area (Å²) in [7, 11) is 3.26. The van der Waals surface area contributed by atoms with Gasteiger partial charge in [0.05, 0.1) is 19.9 Å². The lowest BCUT2D eigenvalue weighted by Crippen LogP contribution is -2.25. The van der Waals surface area contributed by atoms with Crippen LogP contribution in [0, 0.1) is 6.92 Å². The number of fused-ring (bicyclic) bond motifs is 1. The van der Waals surface area contributed by atoms with Crippen molar-refractivity contribution in [3.05, 3.63) is 86.8 Å². The Morgan fingerprint density at radius 2 is 1.68 bits per heavy atom. The van der Waals surface area contributed by atoms with E-state index in [1.807, 2.05) is 43.3 Å². The number of hydrogen-bond acceptors (Lipinski definition) is 7. The molecule has 8 heteroatoms. The summed E-state index contributed by atoms with van der Waals surface area (Å²) in [6.45, 7) is 3.79. The third kappa shape index (κ3) is 4.92. The minimum atomic E-state index is -0.157. The average molecular weight is 437 g/mol. The highest BCUT2D eigenvalue weighted by atomic mass is 32.1. The van der Waals surface area contributed by atoms with Crippen molar-refractivity contribution in [3.63, 3.8) is 0 Å². The summed E-state index contributed by atoms with van der Waals surface area (Å²) in [4.78, 5) is 20.0. The second kappa shape index (κ2) is 9.28. The molecule has 0 spiro atoms. The van der Waals surface area contributed by atoms with Gasteiger partial charge >= 0.3 is 0 Å². The first-order valence-corrected chi connectivity index (χ1v) is 10.7. The molecule has 0 aliphatic rings. The molecule has 2 aromatic heterocycles. The maximum Gasteiger partial charge on any atom is 0.275 e. The van der Waals surface area contributed by atoms with E-state index in [9.17, 15) is 4.79 Å². The second-order valence-corrected chi connectivity index (χ2v) is 8.38. The normalized spacial score (nSPS) is 11.2. The van der Waals surface area contributed by atoms with E-state index in [4.69, 9.17) is 9.47 Å². The number of hydrogen-bond donors (Lipinski definition) is 0. The molecule has 0 aliphatic heterocycles. The smallest absolute Gasteiger partial charge is 0.275 e. The summed E-state index contributed by atoms with van der Waals surface area (Å²) in [5.74, 6) is 1.39. The van der Waals surface area contributed by atoms with Gasteiger partial charge in [-0.3, -0.25) is 9.69 Å². The monoisotopic (exact) mass is 436 g/mol. The summed E-state index contributed by atoms with van der Waals surface area (Å²) in [5.41, 5.74) is 2.84. The molecular formula is C23H24N4O3S. The van der Waals surface area contributed by atoms with Crippen molar-refractivity contribution in [2.24, 2.45) is 0 Å². The summed E-state index contributed by atoms with van der Waals surface area (Å²) in [5, 5.41) is 5.04.